The second-order valence-electron chi connectivity index (χ2n) is 3.04. The number of carbonyl (C=O) groups is 1. The van der Waals surface area contributed by atoms with Crippen molar-refractivity contribution in [3.05, 3.63) is 15.5 Å². The van der Waals surface area contributed by atoms with E-state index in [0.717, 1.165) is 6.07 Å². The molecule has 0 spiro atoms. The summed E-state index contributed by atoms with van der Waals surface area (Å²) >= 11 is 1.72. The lowest BCUT2D eigenvalue weighted by molar-refractivity contribution is -0.275. The van der Waals surface area contributed by atoms with Crippen molar-refractivity contribution in [2.24, 2.45) is 0 Å². The van der Waals surface area contributed by atoms with Crippen LogP contribution in [0.15, 0.2) is 6.07 Å². The first-order valence-electron chi connectivity index (χ1n) is 4.44. The highest BCUT2D eigenvalue weighted by atomic mass is 127. The van der Waals surface area contributed by atoms with Crippen molar-refractivity contribution in [3.63, 3.8) is 0 Å². The highest BCUT2D eigenvalue weighted by Crippen LogP contribution is 2.31. The number of rotatable bonds is 4. The molecular weight excluding hydrogens is 370 g/mol. The fourth-order valence-corrected chi connectivity index (χ4v) is 1.78. The van der Waals surface area contributed by atoms with Gasteiger partial charge in [0.1, 0.15) is 3.70 Å². The van der Waals surface area contributed by atoms with Crippen LogP contribution in [0.2, 0.25) is 0 Å². The number of carboxylic acid groups (broad SMARTS) is 1. The van der Waals surface area contributed by atoms with E-state index in [1.807, 2.05) is 0 Å². The third-order valence-electron chi connectivity index (χ3n) is 1.75. The van der Waals surface area contributed by atoms with Gasteiger partial charge in [0, 0.05) is 6.07 Å². The van der Waals surface area contributed by atoms with E-state index in [-0.39, 0.29) is 15.1 Å². The minimum absolute atomic E-state index is 0.0731. The first kappa shape index (κ1) is 14.8. The first-order chi connectivity index (χ1) is 8.23. The van der Waals surface area contributed by atoms with Crippen LogP contribution >= 0.6 is 22.6 Å². The molecule has 0 aromatic carbocycles. The highest BCUT2D eigenvalue weighted by Gasteiger charge is 2.33. The van der Waals surface area contributed by atoms with E-state index in [1.165, 1.54) is 7.11 Å². The van der Waals surface area contributed by atoms with Crippen LogP contribution in [0.5, 0.6) is 11.5 Å². The molecule has 0 aliphatic heterocycles. The number of alkyl halides is 3. The van der Waals surface area contributed by atoms with Crippen molar-refractivity contribution < 1.29 is 32.5 Å². The lowest BCUT2D eigenvalue weighted by Gasteiger charge is -2.13. The number of hydrogen-bond donors (Lipinski definition) is 1. The smallest absolute Gasteiger partial charge is 0.494 e. The Kier molecular flexibility index (Phi) is 4.59. The minimum atomic E-state index is -4.92. The molecule has 5 nitrogen and oxygen atoms in total. The molecule has 0 radical (unpaired) electrons. The SMILES string of the molecule is COc1cc(OC(F)(F)F)c(CC(=O)O)nc1I. The van der Waals surface area contributed by atoms with E-state index in [4.69, 9.17) is 9.84 Å². The molecule has 0 aliphatic rings. The summed E-state index contributed by atoms with van der Waals surface area (Å²) in [4.78, 5) is 14.3. The Hall–Kier alpha value is -1.26. The van der Waals surface area contributed by atoms with Crippen LogP contribution in [0.25, 0.3) is 0 Å². The van der Waals surface area contributed by atoms with E-state index in [2.05, 4.69) is 9.72 Å². The summed E-state index contributed by atoms with van der Waals surface area (Å²) in [6.45, 7) is 0. The Morgan fingerprint density at radius 2 is 2.11 bits per heavy atom. The van der Waals surface area contributed by atoms with Gasteiger partial charge in [-0.05, 0) is 22.6 Å². The third kappa shape index (κ3) is 4.20. The molecule has 1 N–H and O–H groups in total. The lowest BCUT2D eigenvalue weighted by atomic mass is 10.2. The maximum atomic E-state index is 12.2. The zero-order chi connectivity index (χ0) is 13.9. The Labute approximate surface area is 113 Å². The Balaban J connectivity index is 3.21. The quantitative estimate of drug-likeness (QED) is 0.644. The molecule has 0 unspecified atom stereocenters. The summed E-state index contributed by atoms with van der Waals surface area (Å²) in [7, 11) is 1.26. The van der Waals surface area contributed by atoms with Crippen LogP contribution in [0.4, 0.5) is 13.2 Å². The molecule has 0 aliphatic carbocycles. The number of pyridine rings is 1. The standard InChI is InChI=1S/C9H7F3INO4/c1-17-6-3-5(18-9(10,11)12)4(2-7(15)16)14-8(6)13/h3H,2H2,1H3,(H,15,16). The van der Waals surface area contributed by atoms with Crippen molar-refractivity contribution in [3.8, 4) is 11.5 Å². The number of aromatic nitrogens is 1. The van der Waals surface area contributed by atoms with Gasteiger partial charge in [-0.3, -0.25) is 4.79 Å². The summed E-state index contributed by atoms with van der Waals surface area (Å²) in [5.74, 6) is -1.92. The summed E-state index contributed by atoms with van der Waals surface area (Å²) in [6, 6.07) is 0.959. The van der Waals surface area contributed by atoms with Gasteiger partial charge in [0.15, 0.2) is 11.5 Å². The normalized spacial score (nSPS) is 11.2. The van der Waals surface area contributed by atoms with Crippen LogP contribution in [-0.2, 0) is 11.2 Å². The van der Waals surface area contributed by atoms with Gasteiger partial charge in [-0.1, -0.05) is 0 Å². The van der Waals surface area contributed by atoms with Crippen molar-refractivity contribution in [1.29, 1.82) is 0 Å². The summed E-state index contributed by atoms with van der Waals surface area (Å²) in [6.07, 6.45) is -5.60. The number of carboxylic acids is 1. The maximum absolute atomic E-state index is 12.2. The number of ether oxygens (including phenoxy) is 2. The van der Waals surface area contributed by atoms with E-state index in [9.17, 15) is 18.0 Å². The Bertz CT molecular complexity index is 464. The highest BCUT2D eigenvalue weighted by molar-refractivity contribution is 14.1. The average Bonchev–Trinajstić information content (AvgIpc) is 2.19. The van der Waals surface area contributed by atoms with E-state index in [0.29, 0.717) is 0 Å². The molecule has 100 valence electrons. The minimum Gasteiger partial charge on any atom is -0.494 e. The van der Waals surface area contributed by atoms with Crippen LogP contribution in [-0.4, -0.2) is 29.5 Å². The van der Waals surface area contributed by atoms with Crippen LogP contribution < -0.4 is 9.47 Å². The van der Waals surface area contributed by atoms with Gasteiger partial charge < -0.3 is 14.6 Å². The Morgan fingerprint density at radius 1 is 1.50 bits per heavy atom. The predicted octanol–water partition coefficient (Wildman–Crippen LogP) is 2.22. The number of nitrogens with zero attached hydrogens (tertiary/aromatic N) is 1. The molecule has 1 rings (SSSR count). The van der Waals surface area contributed by atoms with Gasteiger partial charge >= 0.3 is 12.3 Å². The van der Waals surface area contributed by atoms with Crippen molar-refractivity contribution >= 4 is 28.6 Å². The molecule has 0 atom stereocenters. The maximum Gasteiger partial charge on any atom is 0.573 e. The number of methoxy groups -OCH3 is 1. The molecule has 18 heavy (non-hydrogen) atoms. The molecule has 0 saturated carbocycles. The van der Waals surface area contributed by atoms with Crippen LogP contribution in [0, 0.1) is 3.70 Å². The average molecular weight is 377 g/mol. The second-order valence-corrected chi connectivity index (χ2v) is 4.07. The Morgan fingerprint density at radius 3 is 2.56 bits per heavy atom. The summed E-state index contributed by atoms with van der Waals surface area (Å²) in [5, 5.41) is 8.60. The van der Waals surface area contributed by atoms with E-state index >= 15 is 0 Å². The molecule has 0 amide bonds. The molecule has 0 fully saturated rings. The third-order valence-corrected chi connectivity index (χ3v) is 2.52. The molecular formula is C9H7F3INO4. The molecule has 1 heterocycles. The topological polar surface area (TPSA) is 68.7 Å². The van der Waals surface area contributed by atoms with Crippen molar-refractivity contribution in [2.75, 3.05) is 7.11 Å². The van der Waals surface area contributed by atoms with Crippen molar-refractivity contribution in [1.82, 2.24) is 4.98 Å². The van der Waals surface area contributed by atoms with Crippen LogP contribution in [0.3, 0.4) is 0 Å². The molecule has 9 heteroatoms. The number of aliphatic carboxylic acids is 1. The fourth-order valence-electron chi connectivity index (χ4n) is 1.12. The zero-order valence-corrected chi connectivity index (χ0v) is 11.1. The molecule has 0 bridgehead atoms. The monoisotopic (exact) mass is 377 g/mol. The van der Waals surface area contributed by atoms with Gasteiger partial charge in [0.2, 0.25) is 0 Å². The zero-order valence-electron chi connectivity index (χ0n) is 8.92. The lowest BCUT2D eigenvalue weighted by Crippen LogP contribution is -2.19. The molecule has 0 saturated heterocycles. The predicted molar refractivity (Wildman–Crippen MR) is 61.5 cm³/mol. The van der Waals surface area contributed by atoms with Gasteiger partial charge in [0.05, 0.1) is 19.2 Å². The second kappa shape index (κ2) is 5.59. The number of hydrogen-bond acceptors (Lipinski definition) is 4. The fraction of sp³-hybridized carbons (Fsp3) is 0.333. The van der Waals surface area contributed by atoms with Gasteiger partial charge in [-0.25, -0.2) is 4.98 Å². The van der Waals surface area contributed by atoms with Gasteiger partial charge in [-0.2, -0.15) is 0 Å². The summed E-state index contributed by atoms with van der Waals surface area (Å²) < 4.78 is 45.2. The molecule has 1 aromatic heterocycles. The van der Waals surface area contributed by atoms with E-state index in [1.54, 1.807) is 22.6 Å². The first-order valence-corrected chi connectivity index (χ1v) is 5.51. The summed E-state index contributed by atoms with van der Waals surface area (Å²) in [5.41, 5.74) is -0.315. The van der Waals surface area contributed by atoms with E-state index < -0.39 is 24.5 Å². The van der Waals surface area contributed by atoms with Gasteiger partial charge in [0.25, 0.3) is 0 Å². The number of halogens is 4. The molecule has 1 aromatic rings. The van der Waals surface area contributed by atoms with Crippen LogP contribution in [0.1, 0.15) is 5.69 Å². The van der Waals surface area contributed by atoms with Gasteiger partial charge in [-0.15, -0.1) is 13.2 Å². The largest absolute Gasteiger partial charge is 0.573 e. The van der Waals surface area contributed by atoms with Crippen molar-refractivity contribution in [2.45, 2.75) is 12.8 Å².